The molecule has 0 saturated heterocycles. The summed E-state index contributed by atoms with van der Waals surface area (Å²) in [6, 6.07) is 4.28. The molecule has 0 atom stereocenters. The second kappa shape index (κ2) is 4.44. The average molecular weight is 231 g/mol. The van der Waals surface area contributed by atoms with Crippen molar-refractivity contribution in [1.82, 2.24) is 15.4 Å². The number of aromatic nitrogens is 2. The summed E-state index contributed by atoms with van der Waals surface area (Å²) in [5.74, 6) is 0. The molecule has 7 nitrogen and oxygen atoms in total. The third-order valence-electron chi connectivity index (χ3n) is 2.05. The quantitative estimate of drug-likeness (QED) is 0.496. The lowest BCUT2D eigenvalue weighted by Gasteiger charge is -1.97. The van der Waals surface area contributed by atoms with Crippen LogP contribution in [0, 0.1) is 0 Å². The zero-order valence-electron chi connectivity index (χ0n) is 8.68. The number of hydrogen-bond donors (Lipinski definition) is 3. The van der Waals surface area contributed by atoms with Crippen LogP contribution < -0.4 is 16.7 Å². The highest BCUT2D eigenvalue weighted by atomic mass is 16.2. The summed E-state index contributed by atoms with van der Waals surface area (Å²) in [7, 11) is 0. The first-order valence-electron chi connectivity index (χ1n) is 4.73. The Kier molecular flexibility index (Phi) is 2.82. The van der Waals surface area contributed by atoms with Gasteiger partial charge in [-0.3, -0.25) is 4.79 Å². The van der Waals surface area contributed by atoms with E-state index >= 15 is 0 Å². The van der Waals surface area contributed by atoms with Crippen molar-refractivity contribution in [2.75, 3.05) is 0 Å². The van der Waals surface area contributed by atoms with Gasteiger partial charge in [-0.25, -0.2) is 15.2 Å². The number of hydrogen-bond acceptors (Lipinski definition) is 4. The van der Waals surface area contributed by atoms with E-state index in [1.165, 1.54) is 12.5 Å². The van der Waals surface area contributed by atoms with Crippen molar-refractivity contribution in [3.05, 3.63) is 40.4 Å². The summed E-state index contributed by atoms with van der Waals surface area (Å²) in [5, 5.41) is 4.05. The molecule has 2 aromatic rings. The van der Waals surface area contributed by atoms with Crippen LogP contribution in [0.15, 0.2) is 34.4 Å². The Morgan fingerprint density at radius 3 is 3.12 bits per heavy atom. The minimum absolute atomic E-state index is 0.229. The molecule has 0 aliphatic heterocycles. The summed E-state index contributed by atoms with van der Waals surface area (Å²) in [5.41, 5.74) is 7.93. The Bertz CT molecular complexity index is 646. The number of urea groups is 1. The highest BCUT2D eigenvalue weighted by Crippen LogP contribution is 2.07. The number of carbonyl (C=O) groups excluding carboxylic acids is 1. The number of benzene rings is 1. The second-order valence-corrected chi connectivity index (χ2v) is 3.24. The summed E-state index contributed by atoms with van der Waals surface area (Å²) < 4.78 is 0. The largest absolute Gasteiger partial charge is 0.350 e. The fourth-order valence-corrected chi connectivity index (χ4v) is 1.34. The van der Waals surface area contributed by atoms with Gasteiger partial charge in [0.25, 0.3) is 5.56 Å². The van der Waals surface area contributed by atoms with Crippen molar-refractivity contribution >= 4 is 23.1 Å². The Labute approximate surface area is 95.4 Å². The monoisotopic (exact) mass is 231 g/mol. The number of primary amides is 1. The molecule has 0 saturated carbocycles. The van der Waals surface area contributed by atoms with Gasteiger partial charge >= 0.3 is 6.03 Å². The van der Waals surface area contributed by atoms with Crippen molar-refractivity contribution in [3.8, 4) is 0 Å². The van der Waals surface area contributed by atoms with Gasteiger partial charge in [0.15, 0.2) is 0 Å². The van der Waals surface area contributed by atoms with Crippen molar-refractivity contribution in [3.63, 3.8) is 0 Å². The van der Waals surface area contributed by atoms with Gasteiger partial charge < -0.3 is 10.7 Å². The van der Waals surface area contributed by atoms with E-state index in [0.29, 0.717) is 16.5 Å². The normalized spacial score (nSPS) is 10.8. The van der Waals surface area contributed by atoms with E-state index in [4.69, 9.17) is 5.73 Å². The van der Waals surface area contributed by atoms with E-state index in [1.807, 2.05) is 0 Å². The van der Waals surface area contributed by atoms with Gasteiger partial charge in [-0.1, -0.05) is 6.07 Å². The fraction of sp³-hybridized carbons (Fsp3) is 0. The van der Waals surface area contributed by atoms with Gasteiger partial charge in [-0.05, 0) is 17.7 Å². The highest BCUT2D eigenvalue weighted by Gasteiger charge is 1.99. The lowest BCUT2D eigenvalue weighted by Crippen LogP contribution is -2.24. The molecule has 1 heterocycles. The molecule has 0 radical (unpaired) electrons. The summed E-state index contributed by atoms with van der Waals surface area (Å²) >= 11 is 0. The molecule has 7 heteroatoms. The molecule has 2 amide bonds. The number of carbonyl (C=O) groups is 1. The number of nitrogens with two attached hydrogens (primary N) is 1. The van der Waals surface area contributed by atoms with Crippen LogP contribution in [0.5, 0.6) is 0 Å². The van der Waals surface area contributed by atoms with Crippen LogP contribution in [-0.4, -0.2) is 22.2 Å². The van der Waals surface area contributed by atoms with Crippen LogP contribution in [0.25, 0.3) is 10.9 Å². The van der Waals surface area contributed by atoms with Gasteiger partial charge in [-0.15, -0.1) is 0 Å². The molecule has 0 spiro atoms. The lowest BCUT2D eigenvalue weighted by molar-refractivity contribution is 0.249. The van der Waals surface area contributed by atoms with E-state index in [9.17, 15) is 9.59 Å². The van der Waals surface area contributed by atoms with Crippen LogP contribution in [0.3, 0.4) is 0 Å². The van der Waals surface area contributed by atoms with E-state index < -0.39 is 6.03 Å². The molecular weight excluding hydrogens is 222 g/mol. The molecule has 86 valence electrons. The molecule has 1 aromatic carbocycles. The van der Waals surface area contributed by atoms with Crippen molar-refractivity contribution in [1.29, 1.82) is 0 Å². The molecule has 0 unspecified atom stereocenters. The predicted molar refractivity (Wildman–Crippen MR) is 62.7 cm³/mol. The first-order valence-corrected chi connectivity index (χ1v) is 4.73. The highest BCUT2D eigenvalue weighted by molar-refractivity contribution is 5.88. The van der Waals surface area contributed by atoms with Gasteiger partial charge in [0.2, 0.25) is 0 Å². The predicted octanol–water partition coefficient (Wildman–Crippen LogP) is -0.0747. The van der Waals surface area contributed by atoms with E-state index in [-0.39, 0.29) is 5.56 Å². The number of nitrogens with one attached hydrogen (secondary N) is 2. The van der Waals surface area contributed by atoms with Gasteiger partial charge in [-0.2, -0.15) is 5.10 Å². The SMILES string of the molecule is NC(=O)NN=Cc1ccc2nc[nH]c(=O)c2c1. The minimum atomic E-state index is -0.749. The zero-order valence-corrected chi connectivity index (χ0v) is 8.68. The number of fused-ring (bicyclic) bond motifs is 1. The molecule has 1 aromatic heterocycles. The number of aromatic amines is 1. The molecular formula is C10H9N5O2. The lowest BCUT2D eigenvalue weighted by atomic mass is 10.1. The number of H-pyrrole nitrogens is 1. The first-order chi connectivity index (χ1) is 8.16. The average Bonchev–Trinajstić information content (AvgIpc) is 2.30. The molecule has 0 fully saturated rings. The summed E-state index contributed by atoms with van der Waals surface area (Å²) in [6.07, 6.45) is 2.73. The maximum Gasteiger partial charge on any atom is 0.332 e. The van der Waals surface area contributed by atoms with E-state index in [0.717, 1.165) is 0 Å². The number of nitrogens with zero attached hydrogens (tertiary/aromatic N) is 2. The molecule has 0 aliphatic carbocycles. The molecule has 0 bridgehead atoms. The van der Waals surface area contributed by atoms with Gasteiger partial charge in [0.05, 0.1) is 23.4 Å². The Balaban J connectivity index is 2.38. The standard InChI is InChI=1S/C10H9N5O2/c11-10(17)15-14-4-6-1-2-8-7(3-6)9(16)13-5-12-8/h1-5H,(H3,11,15,17)(H,12,13,16). The van der Waals surface area contributed by atoms with E-state index in [1.54, 1.807) is 18.2 Å². The van der Waals surface area contributed by atoms with Gasteiger partial charge in [0.1, 0.15) is 0 Å². The number of hydrazone groups is 1. The van der Waals surface area contributed by atoms with Crippen LogP contribution >= 0.6 is 0 Å². The van der Waals surface area contributed by atoms with Crippen LogP contribution in [0.1, 0.15) is 5.56 Å². The maximum atomic E-state index is 11.5. The Hall–Kier alpha value is -2.70. The molecule has 2 rings (SSSR count). The maximum absolute atomic E-state index is 11.5. The van der Waals surface area contributed by atoms with Crippen LogP contribution in [0.4, 0.5) is 4.79 Å². The second-order valence-electron chi connectivity index (χ2n) is 3.24. The Morgan fingerprint density at radius 1 is 1.53 bits per heavy atom. The fourth-order valence-electron chi connectivity index (χ4n) is 1.34. The zero-order chi connectivity index (χ0) is 12.3. The minimum Gasteiger partial charge on any atom is -0.350 e. The topological polar surface area (TPSA) is 113 Å². The smallest absolute Gasteiger partial charge is 0.332 e. The van der Waals surface area contributed by atoms with Gasteiger partial charge in [0, 0.05) is 0 Å². The number of rotatable bonds is 2. The molecule has 4 N–H and O–H groups in total. The summed E-state index contributed by atoms with van der Waals surface area (Å²) in [4.78, 5) is 28.3. The Morgan fingerprint density at radius 2 is 2.35 bits per heavy atom. The van der Waals surface area contributed by atoms with Crippen LogP contribution in [0.2, 0.25) is 0 Å². The third-order valence-corrected chi connectivity index (χ3v) is 2.05. The molecule has 17 heavy (non-hydrogen) atoms. The van der Waals surface area contributed by atoms with Crippen molar-refractivity contribution in [2.24, 2.45) is 10.8 Å². The van der Waals surface area contributed by atoms with Crippen molar-refractivity contribution in [2.45, 2.75) is 0 Å². The van der Waals surface area contributed by atoms with Crippen molar-refractivity contribution < 1.29 is 4.79 Å². The third kappa shape index (κ3) is 2.46. The molecule has 0 aliphatic rings. The first kappa shape index (κ1) is 10.8. The van der Waals surface area contributed by atoms with E-state index in [2.05, 4.69) is 20.5 Å². The number of amides is 2. The summed E-state index contributed by atoms with van der Waals surface area (Å²) in [6.45, 7) is 0. The van der Waals surface area contributed by atoms with Crippen LogP contribution in [-0.2, 0) is 0 Å².